The van der Waals surface area contributed by atoms with Crippen LogP contribution in [0.5, 0.6) is 5.75 Å². The normalized spacial score (nSPS) is 12.4. The summed E-state index contributed by atoms with van der Waals surface area (Å²) in [5.74, 6) is -0.210. The van der Waals surface area contributed by atoms with Crippen molar-refractivity contribution in [1.82, 2.24) is 10.3 Å². The van der Waals surface area contributed by atoms with Crippen molar-refractivity contribution in [1.29, 1.82) is 0 Å². The molecule has 0 spiro atoms. The minimum atomic E-state index is -0.320. The van der Waals surface area contributed by atoms with Gasteiger partial charge in [0.05, 0.1) is 17.7 Å². The Morgan fingerprint density at radius 3 is 2.89 bits per heavy atom. The summed E-state index contributed by atoms with van der Waals surface area (Å²) >= 11 is 3.30. The number of phenols is 1. The van der Waals surface area contributed by atoms with Crippen molar-refractivity contribution in [2.75, 3.05) is 6.61 Å². The average molecular weight is 325 g/mol. The number of halogens is 1. The van der Waals surface area contributed by atoms with Crippen LogP contribution in [0.2, 0.25) is 0 Å². The van der Waals surface area contributed by atoms with Crippen molar-refractivity contribution in [2.24, 2.45) is 0 Å². The van der Waals surface area contributed by atoms with Crippen LogP contribution in [0.15, 0.2) is 28.9 Å². The number of pyridine rings is 1. The number of nitrogens with zero attached hydrogens (tertiary/aromatic N) is 1. The summed E-state index contributed by atoms with van der Waals surface area (Å²) in [4.78, 5) is 16.1. The molecule has 6 heteroatoms. The number of hydrogen-bond donors (Lipinski definition) is 3. The highest BCUT2D eigenvalue weighted by Gasteiger charge is 2.11. The second-order valence-electron chi connectivity index (χ2n) is 4.28. The number of hydrogen-bond acceptors (Lipinski definition) is 4. The summed E-state index contributed by atoms with van der Waals surface area (Å²) in [7, 11) is 0. The number of aromatic nitrogens is 1. The standard InChI is InChI=1S/C13H13BrN2O3/c1-7(6-17)16-13(19)9-2-8-3-10(18)4-11(14)12(8)15-5-9/h2-5,7,17-18H,6H2,1H3,(H,16,19). The minimum absolute atomic E-state index is 0.0995. The largest absolute Gasteiger partial charge is 0.508 e. The van der Waals surface area contributed by atoms with E-state index in [0.29, 0.717) is 20.9 Å². The highest BCUT2D eigenvalue weighted by atomic mass is 79.9. The number of aliphatic hydroxyl groups is 1. The molecule has 1 aromatic heterocycles. The molecule has 1 unspecified atom stereocenters. The number of carbonyl (C=O) groups excluding carboxylic acids is 1. The van der Waals surface area contributed by atoms with Gasteiger partial charge in [-0.2, -0.15) is 0 Å². The Labute approximate surface area is 118 Å². The van der Waals surface area contributed by atoms with E-state index < -0.39 is 0 Å². The molecule has 1 amide bonds. The van der Waals surface area contributed by atoms with Crippen LogP contribution in [0.4, 0.5) is 0 Å². The van der Waals surface area contributed by atoms with Gasteiger partial charge in [-0.05, 0) is 41.1 Å². The van der Waals surface area contributed by atoms with Gasteiger partial charge >= 0.3 is 0 Å². The Morgan fingerprint density at radius 2 is 2.21 bits per heavy atom. The third-order valence-electron chi connectivity index (χ3n) is 2.63. The zero-order chi connectivity index (χ0) is 14.0. The smallest absolute Gasteiger partial charge is 0.253 e. The molecule has 0 saturated carbocycles. The third kappa shape index (κ3) is 3.02. The fourth-order valence-electron chi connectivity index (χ4n) is 1.67. The summed E-state index contributed by atoms with van der Waals surface area (Å²) in [5.41, 5.74) is 1.05. The number of nitrogens with one attached hydrogen (secondary N) is 1. The zero-order valence-corrected chi connectivity index (χ0v) is 11.8. The maximum Gasteiger partial charge on any atom is 0.253 e. The molecule has 1 aromatic carbocycles. The molecular weight excluding hydrogens is 312 g/mol. The van der Waals surface area contributed by atoms with Gasteiger partial charge in [-0.1, -0.05) is 0 Å². The summed E-state index contributed by atoms with van der Waals surface area (Å²) in [5, 5.41) is 21.7. The van der Waals surface area contributed by atoms with Crippen molar-refractivity contribution in [3.8, 4) is 5.75 Å². The zero-order valence-electron chi connectivity index (χ0n) is 10.2. The van der Waals surface area contributed by atoms with Gasteiger partial charge in [0.1, 0.15) is 5.75 Å². The molecule has 0 aliphatic carbocycles. The van der Waals surface area contributed by atoms with Gasteiger partial charge in [0.15, 0.2) is 0 Å². The molecule has 0 bridgehead atoms. The Bertz CT molecular complexity index is 631. The van der Waals surface area contributed by atoms with Crippen molar-refractivity contribution in [3.63, 3.8) is 0 Å². The molecule has 0 saturated heterocycles. The number of fused-ring (bicyclic) bond motifs is 1. The minimum Gasteiger partial charge on any atom is -0.508 e. The summed E-state index contributed by atoms with van der Waals surface area (Å²) in [6.45, 7) is 1.58. The highest BCUT2D eigenvalue weighted by Crippen LogP contribution is 2.27. The molecule has 2 aromatic rings. The SMILES string of the molecule is CC(CO)NC(=O)c1cnc2c(Br)cc(O)cc2c1. The van der Waals surface area contributed by atoms with Crippen molar-refractivity contribution >= 4 is 32.7 Å². The van der Waals surface area contributed by atoms with Gasteiger partial charge in [-0.25, -0.2) is 0 Å². The maximum absolute atomic E-state index is 11.9. The van der Waals surface area contributed by atoms with Crippen molar-refractivity contribution < 1.29 is 15.0 Å². The molecule has 5 nitrogen and oxygen atoms in total. The number of aromatic hydroxyl groups is 1. The van der Waals surface area contributed by atoms with E-state index in [9.17, 15) is 9.90 Å². The molecule has 0 radical (unpaired) electrons. The van der Waals surface area contributed by atoms with Crippen LogP contribution in [-0.2, 0) is 0 Å². The fourth-order valence-corrected chi connectivity index (χ4v) is 2.23. The van der Waals surface area contributed by atoms with Crippen LogP contribution in [0.25, 0.3) is 10.9 Å². The maximum atomic E-state index is 11.9. The first-order valence-corrected chi connectivity index (χ1v) is 6.50. The van der Waals surface area contributed by atoms with Crippen molar-refractivity contribution in [3.05, 3.63) is 34.4 Å². The molecule has 19 heavy (non-hydrogen) atoms. The quantitative estimate of drug-likeness (QED) is 0.804. The number of aliphatic hydroxyl groups excluding tert-OH is 1. The summed E-state index contributed by atoms with van der Waals surface area (Å²) in [6, 6.07) is 4.41. The van der Waals surface area contributed by atoms with E-state index in [1.54, 1.807) is 25.1 Å². The van der Waals surface area contributed by atoms with Crippen LogP contribution in [0, 0.1) is 0 Å². The van der Waals surface area contributed by atoms with E-state index in [1.807, 2.05) is 0 Å². The van der Waals surface area contributed by atoms with Gasteiger partial charge in [-0.15, -0.1) is 0 Å². The predicted octanol–water partition coefficient (Wildman–Crippen LogP) is 1.81. The average Bonchev–Trinajstić information content (AvgIpc) is 2.37. The first kappa shape index (κ1) is 13.8. The van der Waals surface area contributed by atoms with Crippen molar-refractivity contribution in [2.45, 2.75) is 13.0 Å². The molecule has 3 N–H and O–H groups in total. The molecule has 100 valence electrons. The molecule has 1 heterocycles. The lowest BCUT2D eigenvalue weighted by Crippen LogP contribution is -2.35. The number of benzene rings is 1. The number of rotatable bonds is 3. The lowest BCUT2D eigenvalue weighted by atomic mass is 10.1. The summed E-state index contributed by atoms with van der Waals surface area (Å²) in [6.07, 6.45) is 1.46. The first-order chi connectivity index (χ1) is 9.01. The Kier molecular flexibility index (Phi) is 4.01. The molecular formula is C13H13BrN2O3. The van der Waals surface area contributed by atoms with Crippen LogP contribution in [0.1, 0.15) is 17.3 Å². The molecule has 0 fully saturated rings. The molecule has 2 rings (SSSR count). The third-order valence-corrected chi connectivity index (χ3v) is 3.24. The topological polar surface area (TPSA) is 82.5 Å². The second-order valence-corrected chi connectivity index (χ2v) is 5.13. The number of carbonyl (C=O) groups is 1. The predicted molar refractivity (Wildman–Crippen MR) is 75.1 cm³/mol. The number of phenolic OH excluding ortho intramolecular Hbond substituents is 1. The Balaban J connectivity index is 2.38. The molecule has 1 atom stereocenters. The monoisotopic (exact) mass is 324 g/mol. The Morgan fingerprint density at radius 1 is 1.47 bits per heavy atom. The van der Waals surface area contributed by atoms with E-state index in [0.717, 1.165) is 0 Å². The van der Waals surface area contributed by atoms with Crippen LogP contribution >= 0.6 is 15.9 Å². The highest BCUT2D eigenvalue weighted by molar-refractivity contribution is 9.10. The number of amides is 1. The fraction of sp³-hybridized carbons (Fsp3) is 0.231. The lowest BCUT2D eigenvalue weighted by molar-refractivity contribution is 0.0922. The second kappa shape index (κ2) is 5.54. The van der Waals surface area contributed by atoms with Gasteiger partial charge in [-0.3, -0.25) is 9.78 Å². The lowest BCUT2D eigenvalue weighted by Gasteiger charge is -2.11. The first-order valence-electron chi connectivity index (χ1n) is 5.71. The van der Waals surface area contributed by atoms with Crippen LogP contribution in [0.3, 0.4) is 0 Å². The van der Waals surface area contributed by atoms with Crippen LogP contribution < -0.4 is 5.32 Å². The Hall–Kier alpha value is -1.66. The van der Waals surface area contributed by atoms with Crippen LogP contribution in [-0.4, -0.2) is 33.8 Å². The van der Waals surface area contributed by atoms with E-state index >= 15 is 0 Å². The molecule has 0 aliphatic rings. The van der Waals surface area contributed by atoms with E-state index in [2.05, 4.69) is 26.2 Å². The van der Waals surface area contributed by atoms with Gasteiger partial charge in [0.2, 0.25) is 0 Å². The van der Waals surface area contributed by atoms with E-state index in [4.69, 9.17) is 5.11 Å². The van der Waals surface area contributed by atoms with Gasteiger partial charge < -0.3 is 15.5 Å². The van der Waals surface area contributed by atoms with E-state index in [1.165, 1.54) is 6.20 Å². The summed E-state index contributed by atoms with van der Waals surface area (Å²) < 4.78 is 0.665. The van der Waals surface area contributed by atoms with Gasteiger partial charge in [0.25, 0.3) is 5.91 Å². The van der Waals surface area contributed by atoms with E-state index in [-0.39, 0.29) is 24.3 Å². The molecule has 0 aliphatic heterocycles. The van der Waals surface area contributed by atoms with Gasteiger partial charge in [0, 0.05) is 22.1 Å².